The number of phenols is 2. The number of benzene rings is 1. The predicted molar refractivity (Wildman–Crippen MR) is 122 cm³/mol. The van der Waals surface area contributed by atoms with Gasteiger partial charge in [0.25, 0.3) is 0 Å². The number of carbonyl (C=O) groups excluding carboxylic acids is 4. The second kappa shape index (κ2) is 8.46. The van der Waals surface area contributed by atoms with Gasteiger partial charge in [-0.05, 0) is 39.8 Å². The number of nitrogens with one attached hydrogen (secondary N) is 2. The summed E-state index contributed by atoms with van der Waals surface area (Å²) in [5.74, 6) is -2.74. The van der Waals surface area contributed by atoms with Crippen LogP contribution in [0.15, 0.2) is 45.9 Å². The van der Waals surface area contributed by atoms with Gasteiger partial charge in [0.05, 0.1) is 30.5 Å². The fraction of sp³-hybridized carbons (Fsp3) is 0.280. The van der Waals surface area contributed by atoms with Crippen molar-refractivity contribution in [2.45, 2.75) is 39.7 Å². The Bertz CT molecular complexity index is 1350. The van der Waals surface area contributed by atoms with Crippen LogP contribution in [0.25, 0.3) is 0 Å². The SMILES string of the molecule is CC(=O)c1c(O)c(C)c(O)c2c1OC1=CC(=O)/C(=C(/C)NCC(=O)NCc3ccco3)C(=O)[C@]12C. The Kier molecular flexibility index (Phi) is 5.75. The van der Waals surface area contributed by atoms with Crippen molar-refractivity contribution in [1.82, 2.24) is 10.6 Å². The first-order chi connectivity index (χ1) is 16.5. The number of ether oxygens (including phenoxy) is 1. The molecule has 182 valence electrons. The van der Waals surface area contributed by atoms with Gasteiger partial charge in [-0.3, -0.25) is 19.2 Å². The summed E-state index contributed by atoms with van der Waals surface area (Å²) in [5, 5.41) is 26.7. The lowest BCUT2D eigenvalue weighted by molar-refractivity contribution is -0.124. The fourth-order valence-corrected chi connectivity index (χ4v) is 4.33. The van der Waals surface area contributed by atoms with E-state index in [9.17, 15) is 29.4 Å². The molecule has 0 fully saturated rings. The minimum Gasteiger partial charge on any atom is -0.507 e. The van der Waals surface area contributed by atoms with E-state index in [1.807, 2.05) is 0 Å². The van der Waals surface area contributed by atoms with Crippen LogP contribution in [-0.4, -0.2) is 40.0 Å². The van der Waals surface area contributed by atoms with Gasteiger partial charge in [-0.2, -0.15) is 0 Å². The number of Topliss-reactive ketones (excluding diaryl/α,β-unsaturated/α-hetero) is 2. The Balaban J connectivity index is 1.67. The molecule has 1 atom stereocenters. The van der Waals surface area contributed by atoms with Crippen molar-refractivity contribution in [2.24, 2.45) is 0 Å². The van der Waals surface area contributed by atoms with Gasteiger partial charge in [-0.15, -0.1) is 0 Å². The lowest BCUT2D eigenvalue weighted by atomic mass is 9.70. The third-order valence-corrected chi connectivity index (χ3v) is 6.31. The predicted octanol–water partition coefficient (Wildman–Crippen LogP) is 2.07. The zero-order valence-corrected chi connectivity index (χ0v) is 19.6. The van der Waals surface area contributed by atoms with E-state index in [1.165, 1.54) is 34.0 Å². The van der Waals surface area contributed by atoms with Gasteiger partial charge in [0.15, 0.2) is 17.3 Å². The molecule has 35 heavy (non-hydrogen) atoms. The second-order valence-electron chi connectivity index (χ2n) is 8.60. The standard InChI is InChI=1S/C25H24N2O8/c1-11-21(31)19(13(3)28)23-20(22(11)32)25(4)16(35-23)8-15(29)18(24(25)33)12(2)26-10-17(30)27-9-14-6-5-7-34-14/h5-8,26,31-32H,9-10H2,1-4H3,(H,27,30)/b18-12+/t25-/m1/s1. The van der Waals surface area contributed by atoms with Crippen LogP contribution in [-0.2, 0) is 26.3 Å². The molecule has 10 nitrogen and oxygen atoms in total. The number of phenolic OH excluding ortho intramolecular Hbond substituents is 2. The van der Waals surface area contributed by atoms with Gasteiger partial charge < -0.3 is 30.0 Å². The lowest BCUT2D eigenvalue weighted by Crippen LogP contribution is -2.42. The molecule has 0 radical (unpaired) electrons. The molecular weight excluding hydrogens is 456 g/mol. The van der Waals surface area contributed by atoms with E-state index < -0.39 is 34.3 Å². The molecule has 1 aliphatic heterocycles. The molecule has 2 aliphatic rings. The van der Waals surface area contributed by atoms with E-state index in [-0.39, 0.29) is 58.5 Å². The molecule has 0 unspecified atom stereocenters. The number of rotatable bonds is 6. The summed E-state index contributed by atoms with van der Waals surface area (Å²) in [6.07, 6.45) is 2.61. The Labute approximate surface area is 200 Å². The van der Waals surface area contributed by atoms with Crippen LogP contribution in [0, 0.1) is 6.92 Å². The van der Waals surface area contributed by atoms with E-state index in [0.29, 0.717) is 5.76 Å². The van der Waals surface area contributed by atoms with Crippen molar-refractivity contribution in [3.63, 3.8) is 0 Å². The van der Waals surface area contributed by atoms with Gasteiger partial charge in [0.2, 0.25) is 5.91 Å². The molecule has 2 heterocycles. The molecule has 4 rings (SSSR count). The van der Waals surface area contributed by atoms with Crippen LogP contribution in [0.2, 0.25) is 0 Å². The van der Waals surface area contributed by atoms with Crippen LogP contribution < -0.4 is 15.4 Å². The lowest BCUT2D eigenvalue weighted by Gasteiger charge is -2.29. The largest absolute Gasteiger partial charge is 0.507 e. The van der Waals surface area contributed by atoms with Crippen molar-refractivity contribution in [1.29, 1.82) is 0 Å². The average Bonchev–Trinajstić information content (AvgIpc) is 3.41. The number of aromatic hydroxyl groups is 2. The number of hydrogen-bond donors (Lipinski definition) is 4. The monoisotopic (exact) mass is 480 g/mol. The number of amides is 1. The molecule has 1 aromatic carbocycles. The number of hydrogen-bond acceptors (Lipinski definition) is 9. The fourth-order valence-electron chi connectivity index (χ4n) is 4.33. The van der Waals surface area contributed by atoms with E-state index in [4.69, 9.17) is 9.15 Å². The summed E-state index contributed by atoms with van der Waals surface area (Å²) in [6, 6.07) is 3.41. The molecule has 0 spiro atoms. The molecule has 1 amide bonds. The Morgan fingerprint density at radius 3 is 2.46 bits per heavy atom. The van der Waals surface area contributed by atoms with E-state index in [1.54, 1.807) is 12.1 Å². The minimum atomic E-state index is -1.62. The van der Waals surface area contributed by atoms with Gasteiger partial charge in [-0.1, -0.05) is 0 Å². The second-order valence-corrected chi connectivity index (χ2v) is 8.60. The molecule has 1 aliphatic carbocycles. The van der Waals surface area contributed by atoms with Crippen LogP contribution >= 0.6 is 0 Å². The van der Waals surface area contributed by atoms with Gasteiger partial charge in [0.1, 0.15) is 39.7 Å². The highest BCUT2D eigenvalue weighted by Gasteiger charge is 2.56. The zero-order chi connectivity index (χ0) is 25.7. The molecule has 1 aromatic heterocycles. The molecule has 0 saturated carbocycles. The van der Waals surface area contributed by atoms with Crippen molar-refractivity contribution in [3.8, 4) is 17.2 Å². The average molecular weight is 480 g/mol. The highest BCUT2D eigenvalue weighted by Crippen LogP contribution is 2.57. The third kappa shape index (κ3) is 3.67. The normalized spacial score (nSPS) is 19.9. The number of carbonyl (C=O) groups is 4. The number of furan rings is 1. The van der Waals surface area contributed by atoms with E-state index in [0.717, 1.165) is 6.08 Å². The number of ketones is 3. The first kappa shape index (κ1) is 23.8. The maximum Gasteiger partial charge on any atom is 0.239 e. The Morgan fingerprint density at radius 2 is 1.83 bits per heavy atom. The van der Waals surface area contributed by atoms with Crippen molar-refractivity contribution in [3.05, 3.63) is 64.0 Å². The van der Waals surface area contributed by atoms with Crippen molar-refractivity contribution in [2.75, 3.05) is 6.54 Å². The smallest absolute Gasteiger partial charge is 0.239 e. The van der Waals surface area contributed by atoms with Crippen LogP contribution in [0.5, 0.6) is 17.2 Å². The van der Waals surface area contributed by atoms with Gasteiger partial charge in [-0.25, -0.2) is 0 Å². The summed E-state index contributed by atoms with van der Waals surface area (Å²) < 4.78 is 10.9. The van der Waals surface area contributed by atoms with E-state index >= 15 is 0 Å². The molecular formula is C25H24N2O8. The summed E-state index contributed by atoms with van der Waals surface area (Å²) in [6.45, 7) is 5.58. The maximum atomic E-state index is 13.7. The van der Waals surface area contributed by atoms with Crippen molar-refractivity contribution < 1.29 is 38.5 Å². The Morgan fingerprint density at radius 1 is 1.11 bits per heavy atom. The number of fused-ring (bicyclic) bond motifs is 3. The van der Waals surface area contributed by atoms with Gasteiger partial charge in [0, 0.05) is 17.3 Å². The molecule has 2 aromatic rings. The highest BCUT2D eigenvalue weighted by atomic mass is 16.5. The quantitative estimate of drug-likeness (QED) is 0.276. The Hall–Kier alpha value is -4.34. The minimum absolute atomic E-state index is 0.00300. The third-order valence-electron chi connectivity index (χ3n) is 6.31. The summed E-state index contributed by atoms with van der Waals surface area (Å²) in [4.78, 5) is 51.0. The zero-order valence-electron chi connectivity index (χ0n) is 19.6. The first-order valence-electron chi connectivity index (χ1n) is 10.8. The summed E-state index contributed by atoms with van der Waals surface area (Å²) >= 11 is 0. The van der Waals surface area contributed by atoms with Crippen LogP contribution in [0.4, 0.5) is 0 Å². The van der Waals surface area contributed by atoms with E-state index in [2.05, 4.69) is 10.6 Å². The first-order valence-corrected chi connectivity index (χ1v) is 10.8. The molecule has 10 heteroatoms. The number of allylic oxidation sites excluding steroid dienone is 4. The molecule has 0 bridgehead atoms. The topological polar surface area (TPSA) is 155 Å². The van der Waals surface area contributed by atoms with Crippen LogP contribution in [0.3, 0.4) is 0 Å². The summed E-state index contributed by atoms with van der Waals surface area (Å²) in [5.41, 5.74) is -1.82. The summed E-state index contributed by atoms with van der Waals surface area (Å²) in [7, 11) is 0. The highest BCUT2D eigenvalue weighted by molar-refractivity contribution is 6.31. The maximum absolute atomic E-state index is 13.7. The van der Waals surface area contributed by atoms with Gasteiger partial charge >= 0.3 is 0 Å². The van der Waals surface area contributed by atoms with Crippen molar-refractivity contribution >= 4 is 23.3 Å². The molecule has 0 saturated heterocycles. The van der Waals surface area contributed by atoms with Crippen LogP contribution in [0.1, 0.15) is 48.0 Å². The molecule has 4 N–H and O–H groups in total.